The van der Waals surface area contributed by atoms with Crippen molar-refractivity contribution in [3.05, 3.63) is 40.9 Å². The van der Waals surface area contributed by atoms with E-state index in [1.807, 2.05) is 24.3 Å². The van der Waals surface area contributed by atoms with E-state index in [2.05, 4.69) is 9.59 Å². The normalized spacial score (nSPS) is 10.2. The molecular formula is C11H12N4OS. The molecule has 1 amide bonds. The van der Waals surface area contributed by atoms with Gasteiger partial charge in [0.1, 0.15) is 0 Å². The van der Waals surface area contributed by atoms with Crippen molar-refractivity contribution in [3.63, 3.8) is 0 Å². The Balaban J connectivity index is 2.07. The zero-order valence-corrected chi connectivity index (χ0v) is 10.1. The molecule has 0 bridgehead atoms. The Hall–Kier alpha value is -1.95. The Morgan fingerprint density at radius 3 is 3.00 bits per heavy atom. The first kappa shape index (κ1) is 11.5. The Kier molecular flexibility index (Phi) is 3.34. The van der Waals surface area contributed by atoms with Gasteiger partial charge in [-0.15, -0.1) is 5.10 Å². The van der Waals surface area contributed by atoms with Crippen LogP contribution in [-0.4, -0.2) is 27.4 Å². The molecule has 2 rings (SSSR count). The number of nitrogens with zero attached hydrogens (tertiary/aromatic N) is 3. The predicted octanol–water partition coefficient (Wildman–Crippen LogP) is 1.39. The molecule has 0 saturated heterocycles. The third-order valence-electron chi connectivity index (χ3n) is 2.30. The fraction of sp³-hybridized carbons (Fsp3) is 0.182. The molecule has 0 unspecified atom stereocenters. The molecule has 0 saturated carbocycles. The topological polar surface area (TPSA) is 72.1 Å². The largest absolute Gasteiger partial charge is 0.399 e. The lowest BCUT2D eigenvalue weighted by molar-refractivity contribution is 0.0779. The van der Waals surface area contributed by atoms with E-state index in [1.165, 1.54) is 11.5 Å². The number of nitrogens with two attached hydrogens (primary N) is 1. The van der Waals surface area contributed by atoms with Gasteiger partial charge in [-0.1, -0.05) is 16.6 Å². The summed E-state index contributed by atoms with van der Waals surface area (Å²) in [5, 5.41) is 5.39. The van der Waals surface area contributed by atoms with Crippen LogP contribution in [0.4, 0.5) is 5.69 Å². The highest BCUT2D eigenvalue weighted by Crippen LogP contribution is 2.10. The van der Waals surface area contributed by atoms with E-state index in [1.54, 1.807) is 17.3 Å². The number of benzene rings is 1. The summed E-state index contributed by atoms with van der Waals surface area (Å²) in [6, 6.07) is 7.46. The third kappa shape index (κ3) is 2.79. The van der Waals surface area contributed by atoms with Gasteiger partial charge in [0.2, 0.25) is 0 Å². The number of hydrogen-bond donors (Lipinski definition) is 1. The van der Waals surface area contributed by atoms with E-state index in [0.29, 0.717) is 17.9 Å². The summed E-state index contributed by atoms with van der Waals surface area (Å²) in [6.45, 7) is 0.501. The van der Waals surface area contributed by atoms with E-state index >= 15 is 0 Å². The van der Waals surface area contributed by atoms with Crippen molar-refractivity contribution < 1.29 is 4.79 Å². The van der Waals surface area contributed by atoms with Gasteiger partial charge in [-0.05, 0) is 29.2 Å². The molecule has 88 valence electrons. The smallest absolute Gasteiger partial charge is 0.275 e. The molecule has 0 atom stereocenters. The maximum absolute atomic E-state index is 11.9. The Labute approximate surface area is 103 Å². The van der Waals surface area contributed by atoms with Gasteiger partial charge in [0.15, 0.2) is 5.69 Å². The Bertz CT molecular complexity index is 512. The minimum atomic E-state index is -0.138. The van der Waals surface area contributed by atoms with Crippen molar-refractivity contribution in [2.75, 3.05) is 12.8 Å². The Morgan fingerprint density at radius 1 is 1.53 bits per heavy atom. The average molecular weight is 248 g/mol. The molecule has 0 radical (unpaired) electrons. The second kappa shape index (κ2) is 4.92. The fourth-order valence-corrected chi connectivity index (χ4v) is 1.92. The SMILES string of the molecule is CN(Cc1cccc(N)c1)C(=O)c1csnn1. The highest BCUT2D eigenvalue weighted by atomic mass is 32.1. The highest BCUT2D eigenvalue weighted by molar-refractivity contribution is 7.03. The van der Waals surface area contributed by atoms with Crippen molar-refractivity contribution in [1.29, 1.82) is 0 Å². The van der Waals surface area contributed by atoms with Crippen molar-refractivity contribution in [2.24, 2.45) is 0 Å². The van der Waals surface area contributed by atoms with E-state index in [0.717, 1.165) is 5.56 Å². The van der Waals surface area contributed by atoms with E-state index in [4.69, 9.17) is 5.73 Å². The first-order valence-electron chi connectivity index (χ1n) is 5.04. The lowest BCUT2D eigenvalue weighted by Gasteiger charge is -2.15. The van der Waals surface area contributed by atoms with Crippen LogP contribution in [0.5, 0.6) is 0 Å². The molecule has 1 aromatic carbocycles. The second-order valence-corrected chi connectivity index (χ2v) is 4.31. The maximum Gasteiger partial charge on any atom is 0.275 e. The summed E-state index contributed by atoms with van der Waals surface area (Å²) in [4.78, 5) is 13.5. The molecule has 6 heteroatoms. The van der Waals surface area contributed by atoms with Gasteiger partial charge < -0.3 is 10.6 Å². The Morgan fingerprint density at radius 2 is 2.35 bits per heavy atom. The van der Waals surface area contributed by atoms with Gasteiger partial charge in [-0.25, -0.2) is 0 Å². The van der Waals surface area contributed by atoms with Gasteiger partial charge >= 0.3 is 0 Å². The first-order valence-corrected chi connectivity index (χ1v) is 5.87. The van der Waals surface area contributed by atoms with Crippen molar-refractivity contribution in [2.45, 2.75) is 6.54 Å². The molecule has 0 aliphatic heterocycles. The zero-order chi connectivity index (χ0) is 12.3. The second-order valence-electron chi connectivity index (χ2n) is 3.70. The van der Waals surface area contributed by atoms with Gasteiger partial charge in [0, 0.05) is 24.7 Å². The molecule has 0 aliphatic carbocycles. The lowest BCUT2D eigenvalue weighted by Crippen LogP contribution is -2.26. The third-order valence-corrected chi connectivity index (χ3v) is 2.80. The van der Waals surface area contributed by atoms with E-state index < -0.39 is 0 Å². The quantitative estimate of drug-likeness (QED) is 0.833. The molecule has 5 nitrogen and oxygen atoms in total. The van der Waals surface area contributed by atoms with Crippen LogP contribution < -0.4 is 5.73 Å². The number of aromatic nitrogens is 2. The number of hydrogen-bond acceptors (Lipinski definition) is 5. The molecule has 0 spiro atoms. The monoisotopic (exact) mass is 248 g/mol. The number of anilines is 1. The number of amides is 1. The molecule has 0 fully saturated rings. The predicted molar refractivity (Wildman–Crippen MR) is 66.6 cm³/mol. The van der Waals surface area contributed by atoms with E-state index in [-0.39, 0.29) is 5.91 Å². The van der Waals surface area contributed by atoms with Crippen LogP contribution in [0, 0.1) is 0 Å². The number of rotatable bonds is 3. The molecule has 1 heterocycles. The molecule has 17 heavy (non-hydrogen) atoms. The highest BCUT2D eigenvalue weighted by Gasteiger charge is 2.14. The average Bonchev–Trinajstić information content (AvgIpc) is 2.81. The van der Waals surface area contributed by atoms with Crippen LogP contribution in [0.1, 0.15) is 16.1 Å². The summed E-state index contributed by atoms with van der Waals surface area (Å²) in [7, 11) is 1.73. The van der Waals surface area contributed by atoms with Crippen molar-refractivity contribution in [1.82, 2.24) is 14.5 Å². The van der Waals surface area contributed by atoms with Gasteiger partial charge in [0.05, 0.1) is 0 Å². The summed E-state index contributed by atoms with van der Waals surface area (Å²) >= 11 is 1.17. The van der Waals surface area contributed by atoms with Gasteiger partial charge in [0.25, 0.3) is 5.91 Å². The fourth-order valence-electron chi connectivity index (χ4n) is 1.49. The summed E-state index contributed by atoms with van der Waals surface area (Å²) < 4.78 is 3.67. The van der Waals surface area contributed by atoms with Gasteiger partial charge in [-0.3, -0.25) is 4.79 Å². The van der Waals surface area contributed by atoms with Crippen LogP contribution >= 0.6 is 11.5 Å². The number of carbonyl (C=O) groups excluding carboxylic acids is 1. The minimum Gasteiger partial charge on any atom is -0.399 e. The van der Waals surface area contributed by atoms with Crippen LogP contribution in [0.15, 0.2) is 29.6 Å². The van der Waals surface area contributed by atoms with Crippen molar-refractivity contribution >= 4 is 23.1 Å². The molecule has 2 N–H and O–H groups in total. The molecule has 0 aliphatic rings. The zero-order valence-electron chi connectivity index (χ0n) is 9.33. The molecule has 1 aromatic heterocycles. The first-order chi connectivity index (χ1) is 8.16. The van der Waals surface area contributed by atoms with E-state index in [9.17, 15) is 4.79 Å². The summed E-state index contributed by atoms with van der Waals surface area (Å²) in [6.07, 6.45) is 0. The number of nitrogen functional groups attached to an aromatic ring is 1. The minimum absolute atomic E-state index is 0.138. The molecule has 2 aromatic rings. The summed E-state index contributed by atoms with van der Waals surface area (Å²) in [5.74, 6) is -0.138. The molecular weight excluding hydrogens is 236 g/mol. The maximum atomic E-state index is 11.9. The lowest BCUT2D eigenvalue weighted by atomic mass is 10.2. The van der Waals surface area contributed by atoms with Crippen molar-refractivity contribution in [3.8, 4) is 0 Å². The van der Waals surface area contributed by atoms with Crippen LogP contribution in [-0.2, 0) is 6.54 Å². The van der Waals surface area contributed by atoms with Gasteiger partial charge in [-0.2, -0.15) is 0 Å². The van der Waals surface area contributed by atoms with Crippen LogP contribution in [0.25, 0.3) is 0 Å². The standard InChI is InChI=1S/C11H12N4OS/c1-15(11(16)10-7-17-14-13-10)6-8-3-2-4-9(12)5-8/h2-5,7H,6,12H2,1H3. The number of carbonyl (C=O) groups is 1. The van der Waals surface area contributed by atoms with Crippen LogP contribution in [0.3, 0.4) is 0 Å². The van der Waals surface area contributed by atoms with Crippen LogP contribution in [0.2, 0.25) is 0 Å². The summed E-state index contributed by atoms with van der Waals surface area (Å²) in [5.41, 5.74) is 7.74.